The molecule has 4 aliphatic carbocycles. The van der Waals surface area contributed by atoms with E-state index in [1.165, 1.54) is 12.7 Å². The highest BCUT2D eigenvalue weighted by Gasteiger charge is 2.61. The van der Waals surface area contributed by atoms with E-state index in [9.17, 15) is 14.4 Å². The molecule has 2 heterocycles. The summed E-state index contributed by atoms with van der Waals surface area (Å²) in [5.74, 6) is 1.57. The molecule has 29 heavy (non-hydrogen) atoms. The van der Waals surface area contributed by atoms with Gasteiger partial charge in [0.05, 0.1) is 11.7 Å². The van der Waals surface area contributed by atoms with Crippen molar-refractivity contribution in [1.82, 2.24) is 15.1 Å². The quantitative estimate of drug-likeness (QED) is 0.843. The van der Waals surface area contributed by atoms with Gasteiger partial charge in [-0.25, -0.2) is 0 Å². The third kappa shape index (κ3) is 3.15. The summed E-state index contributed by atoms with van der Waals surface area (Å²) in [6.07, 6.45) is 7.42. The summed E-state index contributed by atoms with van der Waals surface area (Å²) in [6, 6.07) is 3.39. The van der Waals surface area contributed by atoms with Crippen molar-refractivity contribution in [3.8, 4) is 0 Å². The van der Waals surface area contributed by atoms with Gasteiger partial charge in [0, 0.05) is 38.6 Å². The van der Waals surface area contributed by atoms with Gasteiger partial charge in [-0.15, -0.1) is 0 Å². The van der Waals surface area contributed by atoms with E-state index in [-0.39, 0.29) is 28.7 Å². The highest BCUT2D eigenvalue weighted by molar-refractivity contribution is 5.91. The monoisotopic (exact) mass is 399 g/mol. The van der Waals surface area contributed by atoms with Crippen molar-refractivity contribution in [2.45, 2.75) is 51.0 Å². The minimum atomic E-state index is -0.334. The second kappa shape index (κ2) is 6.61. The molecule has 6 rings (SSSR count). The molecule has 1 saturated heterocycles. The van der Waals surface area contributed by atoms with Crippen molar-refractivity contribution in [2.75, 3.05) is 26.2 Å². The molecule has 156 valence electrons. The lowest BCUT2D eigenvalue weighted by atomic mass is 9.46. The third-order valence-electron chi connectivity index (χ3n) is 7.54. The fraction of sp³-hybridized carbons (Fsp3) is 0.682. The lowest BCUT2D eigenvalue weighted by Gasteiger charge is -2.62. The van der Waals surface area contributed by atoms with Gasteiger partial charge in [0.1, 0.15) is 0 Å². The maximum atomic E-state index is 13.7. The summed E-state index contributed by atoms with van der Waals surface area (Å²) in [6.45, 7) is 3.78. The maximum absolute atomic E-state index is 13.7. The molecular weight excluding hydrogens is 370 g/mol. The summed E-state index contributed by atoms with van der Waals surface area (Å²) in [5.41, 5.74) is -0.525. The van der Waals surface area contributed by atoms with Crippen LogP contribution in [0.1, 0.15) is 56.0 Å². The van der Waals surface area contributed by atoms with Gasteiger partial charge in [-0.1, -0.05) is 0 Å². The van der Waals surface area contributed by atoms with E-state index in [4.69, 9.17) is 4.42 Å². The molecule has 1 aliphatic heterocycles. The second-order valence-corrected chi connectivity index (χ2v) is 9.76. The zero-order chi connectivity index (χ0) is 20.2. The van der Waals surface area contributed by atoms with Gasteiger partial charge in [-0.2, -0.15) is 0 Å². The minimum absolute atomic E-state index is 0.0135. The Kier molecular flexibility index (Phi) is 4.26. The molecule has 2 atom stereocenters. The van der Waals surface area contributed by atoms with Crippen LogP contribution in [0.15, 0.2) is 22.8 Å². The van der Waals surface area contributed by atoms with Gasteiger partial charge >= 0.3 is 0 Å². The fourth-order valence-electron chi connectivity index (χ4n) is 7.04. The SMILES string of the molecule is CC(=O)NC12C[C@H]3C[C@H](C1)CC(C(=O)N1CCN(C(=O)c4ccco4)CC1)(C3)C2. The number of nitrogens with one attached hydrogen (secondary N) is 1. The first-order valence-electron chi connectivity index (χ1n) is 10.8. The van der Waals surface area contributed by atoms with E-state index in [0.29, 0.717) is 43.8 Å². The Bertz CT molecular complexity index is 811. The van der Waals surface area contributed by atoms with E-state index in [2.05, 4.69) is 5.32 Å². The van der Waals surface area contributed by atoms with E-state index in [1.54, 1.807) is 24.0 Å². The van der Waals surface area contributed by atoms with E-state index in [0.717, 1.165) is 32.1 Å². The Morgan fingerprint density at radius 1 is 1.03 bits per heavy atom. The number of furan rings is 1. The standard InChI is InChI=1S/C22H29N3O4/c1-15(26)23-22-12-16-9-17(13-22)11-21(10-16,14-22)20(28)25-6-4-24(5-7-25)19(27)18-3-2-8-29-18/h2-3,8,16-17H,4-7,9-14H2,1H3,(H,23,26)/t16-,17-,21?,22?/m0/s1. The van der Waals surface area contributed by atoms with Crippen LogP contribution in [0.3, 0.4) is 0 Å². The molecule has 0 aromatic carbocycles. The van der Waals surface area contributed by atoms with Crippen LogP contribution in [0.2, 0.25) is 0 Å². The number of rotatable bonds is 3. The van der Waals surface area contributed by atoms with Gasteiger partial charge in [0.15, 0.2) is 5.76 Å². The molecule has 0 spiro atoms. The first-order chi connectivity index (χ1) is 13.9. The molecule has 5 fully saturated rings. The second-order valence-electron chi connectivity index (χ2n) is 9.76. The van der Waals surface area contributed by atoms with Gasteiger partial charge in [-0.05, 0) is 62.5 Å². The predicted molar refractivity (Wildman–Crippen MR) is 105 cm³/mol. The number of piperazine rings is 1. The number of hydrogen-bond acceptors (Lipinski definition) is 4. The van der Waals surface area contributed by atoms with Crippen LogP contribution in [0, 0.1) is 17.3 Å². The molecule has 0 unspecified atom stereocenters. The van der Waals surface area contributed by atoms with Gasteiger partial charge in [0.25, 0.3) is 5.91 Å². The zero-order valence-corrected chi connectivity index (χ0v) is 17.0. The molecular formula is C22H29N3O4. The van der Waals surface area contributed by atoms with Crippen LogP contribution in [-0.4, -0.2) is 59.2 Å². The first kappa shape index (κ1) is 18.7. The summed E-state index contributed by atoms with van der Waals surface area (Å²) in [4.78, 5) is 41.7. The summed E-state index contributed by atoms with van der Waals surface area (Å²) >= 11 is 0. The average Bonchev–Trinajstić information content (AvgIpc) is 3.19. The first-order valence-corrected chi connectivity index (χ1v) is 10.8. The average molecular weight is 399 g/mol. The summed E-state index contributed by atoms with van der Waals surface area (Å²) < 4.78 is 5.22. The van der Waals surface area contributed by atoms with Crippen LogP contribution in [0.5, 0.6) is 0 Å². The van der Waals surface area contributed by atoms with Crippen LogP contribution in [0.4, 0.5) is 0 Å². The lowest BCUT2D eigenvalue weighted by molar-refractivity contribution is -0.164. The van der Waals surface area contributed by atoms with Crippen molar-refractivity contribution >= 4 is 17.7 Å². The third-order valence-corrected chi connectivity index (χ3v) is 7.54. The Morgan fingerprint density at radius 3 is 2.28 bits per heavy atom. The van der Waals surface area contributed by atoms with Crippen LogP contribution >= 0.6 is 0 Å². The number of carbonyl (C=O) groups excluding carboxylic acids is 3. The number of carbonyl (C=O) groups is 3. The molecule has 7 heteroatoms. The molecule has 5 aliphatic rings. The molecule has 1 aromatic rings. The van der Waals surface area contributed by atoms with Crippen molar-refractivity contribution in [3.05, 3.63) is 24.2 Å². The highest BCUT2D eigenvalue weighted by Crippen LogP contribution is 2.62. The molecule has 1 N–H and O–H groups in total. The Hall–Kier alpha value is -2.31. The zero-order valence-electron chi connectivity index (χ0n) is 17.0. The van der Waals surface area contributed by atoms with Gasteiger partial charge in [0.2, 0.25) is 11.8 Å². The van der Waals surface area contributed by atoms with Crippen LogP contribution in [0.25, 0.3) is 0 Å². The normalized spacial score (nSPS) is 35.6. The Labute approximate surface area is 170 Å². The number of amides is 3. The smallest absolute Gasteiger partial charge is 0.289 e. The van der Waals surface area contributed by atoms with E-state index in [1.807, 2.05) is 4.90 Å². The lowest BCUT2D eigenvalue weighted by Crippen LogP contribution is -2.66. The Balaban J connectivity index is 1.29. The van der Waals surface area contributed by atoms with E-state index < -0.39 is 0 Å². The Morgan fingerprint density at radius 2 is 1.69 bits per heavy atom. The van der Waals surface area contributed by atoms with Gasteiger partial charge < -0.3 is 19.5 Å². The number of hydrogen-bond donors (Lipinski definition) is 1. The van der Waals surface area contributed by atoms with Crippen molar-refractivity contribution < 1.29 is 18.8 Å². The topological polar surface area (TPSA) is 82.9 Å². The van der Waals surface area contributed by atoms with E-state index >= 15 is 0 Å². The molecule has 0 radical (unpaired) electrons. The summed E-state index contributed by atoms with van der Waals surface area (Å²) in [7, 11) is 0. The van der Waals surface area contributed by atoms with Crippen molar-refractivity contribution in [2.24, 2.45) is 17.3 Å². The maximum Gasteiger partial charge on any atom is 0.289 e. The molecule has 3 amide bonds. The van der Waals surface area contributed by atoms with Gasteiger partial charge in [-0.3, -0.25) is 14.4 Å². The fourth-order valence-corrected chi connectivity index (χ4v) is 7.04. The minimum Gasteiger partial charge on any atom is -0.459 e. The molecule has 4 saturated carbocycles. The largest absolute Gasteiger partial charge is 0.459 e. The molecule has 4 bridgehead atoms. The van der Waals surface area contributed by atoms with Crippen LogP contribution < -0.4 is 5.32 Å². The predicted octanol–water partition coefficient (Wildman–Crippen LogP) is 2.04. The molecule has 1 aromatic heterocycles. The van der Waals surface area contributed by atoms with Crippen LogP contribution in [-0.2, 0) is 9.59 Å². The summed E-state index contributed by atoms with van der Waals surface area (Å²) in [5, 5.41) is 3.23. The number of nitrogens with zero attached hydrogens (tertiary/aromatic N) is 2. The molecule has 7 nitrogen and oxygen atoms in total. The van der Waals surface area contributed by atoms with Crippen molar-refractivity contribution in [3.63, 3.8) is 0 Å². The highest BCUT2D eigenvalue weighted by atomic mass is 16.3. The van der Waals surface area contributed by atoms with Crippen molar-refractivity contribution in [1.29, 1.82) is 0 Å².